The van der Waals surface area contributed by atoms with Crippen LogP contribution in [0.3, 0.4) is 0 Å². The predicted octanol–water partition coefficient (Wildman–Crippen LogP) is 5.26. The van der Waals surface area contributed by atoms with E-state index in [0.29, 0.717) is 6.04 Å². The molecule has 1 aliphatic carbocycles. The van der Waals surface area contributed by atoms with E-state index in [-0.39, 0.29) is 0 Å². The molecule has 0 bridgehead atoms. The molecule has 0 saturated heterocycles. The van der Waals surface area contributed by atoms with Crippen LogP contribution in [-0.4, -0.2) is 6.04 Å². The summed E-state index contributed by atoms with van der Waals surface area (Å²) in [4.78, 5) is 0. The van der Waals surface area contributed by atoms with Crippen molar-refractivity contribution in [3.8, 4) is 0 Å². The highest BCUT2D eigenvalue weighted by Gasteiger charge is 2.41. The lowest BCUT2D eigenvalue weighted by atomic mass is 10.00. The van der Waals surface area contributed by atoms with Gasteiger partial charge in [0.15, 0.2) is 0 Å². The molecule has 3 atom stereocenters. The SMILES string of the molecule is CCCCCCCCCC(N)C1CC1c1ccccc1. The van der Waals surface area contributed by atoms with Crippen molar-refractivity contribution in [2.45, 2.75) is 76.7 Å². The number of hydrogen-bond donors (Lipinski definition) is 1. The first kappa shape index (κ1) is 15.6. The summed E-state index contributed by atoms with van der Waals surface area (Å²) < 4.78 is 0. The van der Waals surface area contributed by atoms with Crippen LogP contribution >= 0.6 is 0 Å². The van der Waals surface area contributed by atoms with Crippen LogP contribution in [0.2, 0.25) is 0 Å². The molecular weight excluding hydrogens is 242 g/mol. The highest BCUT2D eigenvalue weighted by Crippen LogP contribution is 2.49. The van der Waals surface area contributed by atoms with E-state index in [1.54, 1.807) is 0 Å². The predicted molar refractivity (Wildman–Crippen MR) is 87.9 cm³/mol. The average molecular weight is 273 g/mol. The summed E-state index contributed by atoms with van der Waals surface area (Å²) in [6.45, 7) is 2.28. The molecular formula is C19H31N. The standard InChI is InChI=1S/C19H31N/c1-2-3-4-5-6-7-11-14-19(20)18-15-17(18)16-12-9-8-10-13-16/h8-10,12-13,17-19H,2-7,11,14-15,20H2,1H3. The maximum Gasteiger partial charge on any atom is 0.00732 e. The number of benzene rings is 1. The fraction of sp³-hybridized carbons (Fsp3) is 0.684. The summed E-state index contributed by atoms with van der Waals surface area (Å²) in [5.41, 5.74) is 7.86. The summed E-state index contributed by atoms with van der Waals surface area (Å²) in [7, 11) is 0. The molecule has 0 heterocycles. The Morgan fingerprint density at radius 3 is 2.35 bits per heavy atom. The van der Waals surface area contributed by atoms with Crippen molar-refractivity contribution in [1.29, 1.82) is 0 Å². The van der Waals surface area contributed by atoms with Gasteiger partial charge in [0.2, 0.25) is 0 Å². The van der Waals surface area contributed by atoms with Crippen molar-refractivity contribution in [2.24, 2.45) is 11.7 Å². The second-order valence-corrected chi connectivity index (χ2v) is 6.49. The molecule has 2 rings (SSSR count). The molecule has 1 aromatic rings. The van der Waals surface area contributed by atoms with E-state index in [0.717, 1.165) is 11.8 Å². The van der Waals surface area contributed by atoms with Gasteiger partial charge in [-0.25, -0.2) is 0 Å². The van der Waals surface area contributed by atoms with Crippen LogP contribution in [-0.2, 0) is 0 Å². The maximum atomic E-state index is 6.37. The summed E-state index contributed by atoms with van der Waals surface area (Å²) in [5, 5.41) is 0. The van der Waals surface area contributed by atoms with Crippen molar-refractivity contribution in [3.63, 3.8) is 0 Å². The highest BCUT2D eigenvalue weighted by molar-refractivity contribution is 5.26. The van der Waals surface area contributed by atoms with E-state index in [1.807, 2.05) is 0 Å². The van der Waals surface area contributed by atoms with E-state index >= 15 is 0 Å². The fourth-order valence-electron chi connectivity index (χ4n) is 3.32. The number of rotatable bonds is 10. The van der Waals surface area contributed by atoms with E-state index in [2.05, 4.69) is 37.3 Å². The first-order valence-corrected chi connectivity index (χ1v) is 8.63. The van der Waals surface area contributed by atoms with Gasteiger partial charge in [0, 0.05) is 6.04 Å². The third kappa shape index (κ3) is 4.94. The van der Waals surface area contributed by atoms with E-state index in [9.17, 15) is 0 Å². The van der Waals surface area contributed by atoms with Gasteiger partial charge in [0.05, 0.1) is 0 Å². The maximum absolute atomic E-state index is 6.37. The summed E-state index contributed by atoms with van der Waals surface area (Å²) >= 11 is 0. The molecule has 1 aliphatic rings. The smallest absolute Gasteiger partial charge is 0.00732 e. The summed E-state index contributed by atoms with van der Waals surface area (Å²) in [6.07, 6.45) is 12.2. The van der Waals surface area contributed by atoms with Gasteiger partial charge in [-0.05, 0) is 30.2 Å². The average Bonchev–Trinajstić information content (AvgIpc) is 3.27. The van der Waals surface area contributed by atoms with Gasteiger partial charge in [-0.2, -0.15) is 0 Å². The topological polar surface area (TPSA) is 26.0 Å². The van der Waals surface area contributed by atoms with E-state index in [4.69, 9.17) is 5.73 Å². The lowest BCUT2D eigenvalue weighted by Crippen LogP contribution is -2.23. The Labute approximate surface area is 125 Å². The quantitative estimate of drug-likeness (QED) is 0.578. The van der Waals surface area contributed by atoms with Crippen LogP contribution in [0.5, 0.6) is 0 Å². The highest BCUT2D eigenvalue weighted by atomic mass is 14.7. The lowest BCUT2D eigenvalue weighted by molar-refractivity contribution is 0.491. The molecule has 112 valence electrons. The fourth-order valence-corrected chi connectivity index (χ4v) is 3.32. The Kier molecular flexibility index (Phi) is 6.59. The Hall–Kier alpha value is -0.820. The molecule has 1 fully saturated rings. The Balaban J connectivity index is 1.55. The van der Waals surface area contributed by atoms with Crippen LogP contribution in [0.15, 0.2) is 30.3 Å². The van der Waals surface area contributed by atoms with Gasteiger partial charge in [0.25, 0.3) is 0 Å². The molecule has 20 heavy (non-hydrogen) atoms. The van der Waals surface area contributed by atoms with Crippen molar-refractivity contribution in [1.82, 2.24) is 0 Å². The lowest BCUT2D eigenvalue weighted by Gasteiger charge is -2.11. The van der Waals surface area contributed by atoms with Gasteiger partial charge in [-0.1, -0.05) is 82.2 Å². The van der Waals surface area contributed by atoms with E-state index in [1.165, 1.54) is 63.4 Å². The number of hydrogen-bond acceptors (Lipinski definition) is 1. The molecule has 1 saturated carbocycles. The van der Waals surface area contributed by atoms with Crippen molar-refractivity contribution < 1.29 is 0 Å². The van der Waals surface area contributed by atoms with Gasteiger partial charge in [-0.3, -0.25) is 0 Å². The summed E-state index contributed by atoms with van der Waals surface area (Å²) in [5.74, 6) is 1.49. The Morgan fingerprint density at radius 2 is 1.65 bits per heavy atom. The van der Waals surface area contributed by atoms with Crippen LogP contribution in [0.25, 0.3) is 0 Å². The van der Waals surface area contributed by atoms with Crippen molar-refractivity contribution in [3.05, 3.63) is 35.9 Å². The third-order valence-electron chi connectivity index (χ3n) is 4.76. The number of unbranched alkanes of at least 4 members (excludes halogenated alkanes) is 6. The first-order valence-electron chi connectivity index (χ1n) is 8.63. The zero-order valence-electron chi connectivity index (χ0n) is 13.1. The van der Waals surface area contributed by atoms with Gasteiger partial charge < -0.3 is 5.73 Å². The molecule has 1 nitrogen and oxygen atoms in total. The zero-order valence-corrected chi connectivity index (χ0v) is 13.1. The minimum Gasteiger partial charge on any atom is -0.327 e. The molecule has 0 spiro atoms. The molecule has 1 heteroatoms. The van der Waals surface area contributed by atoms with E-state index < -0.39 is 0 Å². The van der Waals surface area contributed by atoms with Gasteiger partial charge in [-0.15, -0.1) is 0 Å². The van der Waals surface area contributed by atoms with Crippen LogP contribution in [0.1, 0.15) is 76.2 Å². The Bertz CT molecular complexity index is 359. The molecule has 1 aromatic carbocycles. The Morgan fingerprint density at radius 1 is 1.00 bits per heavy atom. The second kappa shape index (κ2) is 8.46. The second-order valence-electron chi connectivity index (χ2n) is 6.49. The minimum atomic E-state index is 0.427. The number of nitrogens with two attached hydrogens (primary N) is 1. The molecule has 0 aliphatic heterocycles. The molecule has 0 aromatic heterocycles. The molecule has 2 N–H and O–H groups in total. The molecule has 3 unspecified atom stereocenters. The van der Waals surface area contributed by atoms with Gasteiger partial charge in [0.1, 0.15) is 0 Å². The van der Waals surface area contributed by atoms with Crippen LogP contribution < -0.4 is 5.73 Å². The molecule has 0 radical (unpaired) electrons. The summed E-state index contributed by atoms with van der Waals surface area (Å²) in [6, 6.07) is 11.3. The van der Waals surface area contributed by atoms with Crippen LogP contribution in [0, 0.1) is 5.92 Å². The van der Waals surface area contributed by atoms with Gasteiger partial charge >= 0.3 is 0 Å². The minimum absolute atomic E-state index is 0.427. The largest absolute Gasteiger partial charge is 0.327 e. The monoisotopic (exact) mass is 273 g/mol. The normalized spacial score (nSPS) is 22.7. The van der Waals surface area contributed by atoms with Crippen molar-refractivity contribution >= 4 is 0 Å². The third-order valence-corrected chi connectivity index (χ3v) is 4.76. The first-order chi connectivity index (χ1) is 9.83. The van der Waals surface area contributed by atoms with Crippen LogP contribution in [0.4, 0.5) is 0 Å². The molecule has 0 amide bonds. The van der Waals surface area contributed by atoms with Crippen molar-refractivity contribution in [2.75, 3.05) is 0 Å². The zero-order chi connectivity index (χ0) is 14.2.